The molecule has 1 saturated heterocycles. The minimum Gasteiger partial charge on any atom is -0.462 e. The van der Waals surface area contributed by atoms with Gasteiger partial charge in [-0.15, -0.1) is 0 Å². The van der Waals surface area contributed by atoms with E-state index in [1.807, 2.05) is 4.90 Å². The number of likely N-dealkylation sites (N-methyl/N-ethyl adjacent to an activating group) is 1. The van der Waals surface area contributed by atoms with Gasteiger partial charge in [0, 0.05) is 44.2 Å². The van der Waals surface area contributed by atoms with E-state index in [1.165, 1.54) is 28.0 Å². The number of aromatic nitrogens is 2. The van der Waals surface area contributed by atoms with Crippen molar-refractivity contribution in [3.05, 3.63) is 71.4 Å². The fourth-order valence-corrected chi connectivity index (χ4v) is 5.99. The van der Waals surface area contributed by atoms with Crippen LogP contribution in [0.3, 0.4) is 0 Å². The van der Waals surface area contributed by atoms with Crippen LogP contribution in [0, 0.1) is 6.92 Å². The van der Waals surface area contributed by atoms with Crippen LogP contribution in [0.5, 0.6) is 6.01 Å². The highest BCUT2D eigenvalue weighted by Gasteiger charge is 2.33. The molecule has 3 aromatic rings. The second-order valence-corrected chi connectivity index (χ2v) is 10.7. The molecular formula is C32H41N5O3. The van der Waals surface area contributed by atoms with Crippen LogP contribution in [-0.4, -0.2) is 77.6 Å². The third-order valence-corrected chi connectivity index (χ3v) is 8.27. The predicted molar refractivity (Wildman–Crippen MR) is 159 cm³/mol. The van der Waals surface area contributed by atoms with E-state index in [0.717, 1.165) is 36.7 Å². The Hall–Kier alpha value is -3.49. The van der Waals surface area contributed by atoms with Gasteiger partial charge < -0.3 is 24.2 Å². The number of piperazine rings is 1. The van der Waals surface area contributed by atoms with Gasteiger partial charge in [0.05, 0.1) is 18.4 Å². The number of benzene rings is 2. The Labute approximate surface area is 237 Å². The SMILES string of the molecule is C=CC(=O)N1CCN(c2nc(OCCN(CC)CC)nc3c2CO[C@@H](c2cccc4cccc(C)c24)C3)C[C@@H]1C. The van der Waals surface area contributed by atoms with Gasteiger partial charge >= 0.3 is 6.01 Å². The van der Waals surface area contributed by atoms with E-state index in [2.05, 4.69) is 80.5 Å². The number of ether oxygens (including phenoxy) is 2. The molecule has 0 unspecified atom stereocenters. The zero-order valence-corrected chi connectivity index (χ0v) is 24.2. The summed E-state index contributed by atoms with van der Waals surface area (Å²) < 4.78 is 12.7. The Morgan fingerprint density at radius 1 is 1.18 bits per heavy atom. The van der Waals surface area contributed by atoms with Crippen LogP contribution in [0.15, 0.2) is 49.1 Å². The van der Waals surface area contributed by atoms with E-state index < -0.39 is 0 Å². The summed E-state index contributed by atoms with van der Waals surface area (Å²) in [6.07, 6.45) is 1.93. The fraction of sp³-hybridized carbons (Fsp3) is 0.469. The molecule has 0 radical (unpaired) electrons. The number of fused-ring (bicyclic) bond motifs is 2. The van der Waals surface area contributed by atoms with E-state index in [-0.39, 0.29) is 18.1 Å². The summed E-state index contributed by atoms with van der Waals surface area (Å²) in [6.45, 7) is 17.9. The van der Waals surface area contributed by atoms with Crippen molar-refractivity contribution < 1.29 is 14.3 Å². The predicted octanol–water partition coefficient (Wildman–Crippen LogP) is 4.70. The number of carbonyl (C=O) groups is 1. The van der Waals surface area contributed by atoms with Crippen molar-refractivity contribution in [2.24, 2.45) is 0 Å². The van der Waals surface area contributed by atoms with Crippen LogP contribution in [0.2, 0.25) is 0 Å². The number of anilines is 1. The van der Waals surface area contributed by atoms with Gasteiger partial charge in [0.15, 0.2) is 0 Å². The van der Waals surface area contributed by atoms with Gasteiger partial charge in [0.25, 0.3) is 0 Å². The van der Waals surface area contributed by atoms with E-state index in [0.29, 0.717) is 45.3 Å². The lowest BCUT2D eigenvalue weighted by molar-refractivity contribution is -0.128. The van der Waals surface area contributed by atoms with Gasteiger partial charge in [-0.2, -0.15) is 9.97 Å². The molecule has 0 N–H and O–H groups in total. The van der Waals surface area contributed by atoms with Gasteiger partial charge in [-0.05, 0) is 54.9 Å². The minimum absolute atomic E-state index is 0.0335. The first kappa shape index (κ1) is 28.1. The van der Waals surface area contributed by atoms with Crippen LogP contribution in [0.25, 0.3) is 10.8 Å². The Morgan fingerprint density at radius 3 is 2.67 bits per heavy atom. The van der Waals surface area contributed by atoms with Gasteiger partial charge in [0.1, 0.15) is 12.4 Å². The highest BCUT2D eigenvalue weighted by atomic mass is 16.5. The van der Waals surface area contributed by atoms with E-state index in [1.54, 1.807) is 0 Å². The Kier molecular flexibility index (Phi) is 8.66. The van der Waals surface area contributed by atoms with E-state index in [4.69, 9.17) is 19.4 Å². The quantitative estimate of drug-likeness (QED) is 0.363. The van der Waals surface area contributed by atoms with Crippen LogP contribution >= 0.6 is 0 Å². The maximum atomic E-state index is 12.3. The van der Waals surface area contributed by atoms with Crippen molar-refractivity contribution in [2.75, 3.05) is 50.8 Å². The average molecular weight is 544 g/mol. The summed E-state index contributed by atoms with van der Waals surface area (Å²) in [5, 5.41) is 2.47. The first-order valence-electron chi connectivity index (χ1n) is 14.5. The molecule has 2 atom stereocenters. The van der Waals surface area contributed by atoms with Crippen molar-refractivity contribution in [1.29, 1.82) is 0 Å². The lowest BCUT2D eigenvalue weighted by Gasteiger charge is -2.41. The molecule has 2 aromatic carbocycles. The van der Waals surface area contributed by atoms with Crippen LogP contribution in [0.1, 0.15) is 49.3 Å². The van der Waals surface area contributed by atoms with Gasteiger partial charge in [0.2, 0.25) is 5.91 Å². The highest BCUT2D eigenvalue weighted by molar-refractivity contribution is 5.89. The number of aryl methyl sites for hydroxylation is 1. The van der Waals surface area contributed by atoms with Crippen molar-refractivity contribution in [1.82, 2.24) is 19.8 Å². The van der Waals surface area contributed by atoms with Crippen molar-refractivity contribution in [3.63, 3.8) is 0 Å². The molecule has 0 aliphatic carbocycles. The third kappa shape index (κ3) is 5.69. The largest absolute Gasteiger partial charge is 0.462 e. The zero-order valence-electron chi connectivity index (χ0n) is 24.2. The maximum Gasteiger partial charge on any atom is 0.318 e. The molecule has 0 spiro atoms. The second kappa shape index (κ2) is 12.4. The van der Waals surface area contributed by atoms with Crippen molar-refractivity contribution in [2.45, 2.75) is 52.9 Å². The number of hydrogen-bond donors (Lipinski definition) is 0. The Morgan fingerprint density at radius 2 is 1.95 bits per heavy atom. The maximum absolute atomic E-state index is 12.3. The van der Waals surface area contributed by atoms with Crippen molar-refractivity contribution >= 4 is 22.5 Å². The summed E-state index contributed by atoms with van der Waals surface area (Å²) in [5.74, 6) is 0.821. The summed E-state index contributed by atoms with van der Waals surface area (Å²) in [4.78, 5) is 28.6. The molecule has 0 saturated carbocycles. The second-order valence-electron chi connectivity index (χ2n) is 10.7. The number of hydrogen-bond acceptors (Lipinski definition) is 7. The lowest BCUT2D eigenvalue weighted by atomic mass is 9.92. The summed E-state index contributed by atoms with van der Waals surface area (Å²) in [6, 6.07) is 13.3. The van der Waals surface area contributed by atoms with Crippen LogP contribution in [-0.2, 0) is 22.6 Å². The molecule has 212 valence electrons. The summed E-state index contributed by atoms with van der Waals surface area (Å²) in [7, 11) is 0. The molecule has 40 heavy (non-hydrogen) atoms. The summed E-state index contributed by atoms with van der Waals surface area (Å²) >= 11 is 0. The average Bonchev–Trinajstić information content (AvgIpc) is 2.98. The molecule has 2 aliphatic rings. The topological polar surface area (TPSA) is 71.0 Å². The number of carbonyl (C=O) groups excluding carboxylic acids is 1. The highest BCUT2D eigenvalue weighted by Crippen LogP contribution is 2.38. The molecule has 8 heteroatoms. The molecule has 3 heterocycles. The third-order valence-electron chi connectivity index (χ3n) is 8.27. The standard InChI is InChI=1S/C32H41N5O3/c1-6-29(38)37-16-15-36(20-23(37)5)31-26-21-40-28(25-14-10-13-24-12-9-11-22(4)30(24)25)19-27(26)33-32(34-31)39-18-17-35(7-2)8-3/h6,9-14,23,28H,1,7-8,15-21H2,2-5H3/t23-,28+/m0/s1. The molecule has 5 rings (SSSR count). The zero-order chi connectivity index (χ0) is 28.2. The molecule has 1 fully saturated rings. The van der Waals surface area contributed by atoms with Gasteiger partial charge in [-0.25, -0.2) is 0 Å². The number of nitrogens with zero attached hydrogens (tertiary/aromatic N) is 5. The Balaban J connectivity index is 1.46. The van der Waals surface area contributed by atoms with E-state index >= 15 is 0 Å². The normalized spacial score (nSPS) is 19.1. The van der Waals surface area contributed by atoms with E-state index in [9.17, 15) is 4.79 Å². The van der Waals surface area contributed by atoms with Crippen LogP contribution in [0.4, 0.5) is 5.82 Å². The monoisotopic (exact) mass is 543 g/mol. The first-order valence-corrected chi connectivity index (χ1v) is 14.5. The fourth-order valence-electron chi connectivity index (χ4n) is 5.99. The molecule has 0 bridgehead atoms. The molecule has 1 amide bonds. The van der Waals surface area contributed by atoms with Gasteiger partial charge in [-0.1, -0.05) is 56.8 Å². The van der Waals surface area contributed by atoms with Crippen molar-refractivity contribution in [3.8, 4) is 6.01 Å². The molecular weight excluding hydrogens is 502 g/mol. The summed E-state index contributed by atoms with van der Waals surface area (Å²) in [5.41, 5.74) is 4.42. The minimum atomic E-state index is -0.107. The lowest BCUT2D eigenvalue weighted by Crippen LogP contribution is -2.54. The van der Waals surface area contributed by atoms with Gasteiger partial charge in [-0.3, -0.25) is 4.79 Å². The molecule has 1 aromatic heterocycles. The smallest absolute Gasteiger partial charge is 0.318 e. The molecule has 8 nitrogen and oxygen atoms in total. The number of amides is 1. The van der Waals surface area contributed by atoms with Crippen LogP contribution < -0.4 is 9.64 Å². The molecule has 2 aliphatic heterocycles. The first-order chi connectivity index (χ1) is 19.4. The Bertz CT molecular complexity index is 1370. The number of rotatable bonds is 9.